The zero-order valence-electron chi connectivity index (χ0n) is 16.0. The summed E-state index contributed by atoms with van der Waals surface area (Å²) in [4.78, 5) is 23.0. The van der Waals surface area contributed by atoms with Gasteiger partial charge in [-0.25, -0.2) is 4.98 Å². The summed E-state index contributed by atoms with van der Waals surface area (Å²) in [6, 6.07) is 0.0426. The fourth-order valence-electron chi connectivity index (χ4n) is 3.88. The number of nitrogens with one attached hydrogen (secondary N) is 1. The molecular formula is C17H25N7O5. The largest absolute Gasteiger partial charge is 0.394 e. The van der Waals surface area contributed by atoms with Crippen molar-refractivity contribution in [2.75, 3.05) is 12.3 Å². The van der Waals surface area contributed by atoms with Crippen molar-refractivity contribution in [1.82, 2.24) is 19.5 Å². The molecular weight excluding hydrogens is 382 g/mol. The fourth-order valence-corrected chi connectivity index (χ4v) is 3.88. The van der Waals surface area contributed by atoms with Gasteiger partial charge in [0.1, 0.15) is 18.3 Å². The summed E-state index contributed by atoms with van der Waals surface area (Å²) in [7, 11) is 0. The highest BCUT2D eigenvalue weighted by Crippen LogP contribution is 2.35. The number of aromatic nitrogens is 4. The van der Waals surface area contributed by atoms with Crippen LogP contribution in [0, 0.1) is 5.92 Å². The fraction of sp³-hybridized carbons (Fsp3) is 0.706. The highest BCUT2D eigenvalue weighted by molar-refractivity contribution is 5.74. The molecule has 4 atom stereocenters. The number of hydrogen-bond donors (Lipinski definition) is 5. The molecule has 2 aliphatic rings. The Morgan fingerprint density at radius 3 is 2.62 bits per heavy atom. The van der Waals surface area contributed by atoms with E-state index < -0.39 is 36.7 Å². The molecule has 29 heavy (non-hydrogen) atoms. The first-order valence-corrected chi connectivity index (χ1v) is 9.70. The van der Waals surface area contributed by atoms with Gasteiger partial charge in [0, 0.05) is 0 Å². The number of H-pyrrole nitrogens is 1. The number of fused-ring (bicyclic) bond motifs is 1. The van der Waals surface area contributed by atoms with E-state index in [1.165, 1.54) is 4.57 Å². The first-order valence-electron chi connectivity index (χ1n) is 9.70. The number of nitrogen functional groups attached to an aromatic ring is 1. The van der Waals surface area contributed by atoms with E-state index in [1.807, 2.05) is 0 Å². The third-order valence-corrected chi connectivity index (χ3v) is 5.62. The van der Waals surface area contributed by atoms with Gasteiger partial charge in [-0.1, -0.05) is 6.92 Å². The monoisotopic (exact) mass is 407 g/mol. The van der Waals surface area contributed by atoms with Crippen LogP contribution in [0.15, 0.2) is 15.0 Å². The molecule has 3 heterocycles. The molecule has 4 rings (SSSR count). The molecule has 2 fully saturated rings. The summed E-state index contributed by atoms with van der Waals surface area (Å²) in [6.45, 7) is 1.71. The number of aromatic amines is 1. The van der Waals surface area contributed by atoms with Gasteiger partial charge in [-0.15, -0.1) is 5.11 Å². The molecule has 0 aromatic carbocycles. The van der Waals surface area contributed by atoms with E-state index in [4.69, 9.17) is 10.5 Å². The Morgan fingerprint density at radius 2 is 1.97 bits per heavy atom. The van der Waals surface area contributed by atoms with E-state index in [9.17, 15) is 20.1 Å². The minimum atomic E-state index is -1.39. The van der Waals surface area contributed by atoms with Crippen LogP contribution >= 0.6 is 0 Å². The Labute approximate surface area is 165 Å². The van der Waals surface area contributed by atoms with E-state index in [0.29, 0.717) is 5.92 Å². The average Bonchev–Trinajstić information content (AvgIpc) is 3.19. The number of aliphatic hydroxyl groups excluding tert-OH is 3. The van der Waals surface area contributed by atoms with E-state index >= 15 is 0 Å². The molecule has 6 N–H and O–H groups in total. The molecule has 158 valence electrons. The lowest BCUT2D eigenvalue weighted by Crippen LogP contribution is -2.33. The molecule has 2 aromatic rings. The number of nitrogens with zero attached hydrogens (tertiary/aromatic N) is 5. The highest BCUT2D eigenvalue weighted by Gasteiger charge is 2.45. The van der Waals surface area contributed by atoms with Gasteiger partial charge in [0.25, 0.3) is 11.5 Å². The van der Waals surface area contributed by atoms with Crippen LogP contribution in [-0.2, 0) is 4.74 Å². The number of aliphatic hydroxyl groups is 3. The second-order valence-electron chi connectivity index (χ2n) is 7.76. The minimum absolute atomic E-state index is 0.0112. The van der Waals surface area contributed by atoms with Crippen LogP contribution in [0.2, 0.25) is 0 Å². The SMILES string of the molecule is CC1CCC(N=Nc2nc3c(=O)[nH]c(N)nc3n2[C@@H]2O[C@H](CO)[C@H](O)C2O)CC1. The third kappa shape index (κ3) is 3.64. The van der Waals surface area contributed by atoms with Gasteiger partial charge < -0.3 is 25.8 Å². The summed E-state index contributed by atoms with van der Waals surface area (Å²) in [5.74, 6) is 0.535. The minimum Gasteiger partial charge on any atom is -0.394 e. The summed E-state index contributed by atoms with van der Waals surface area (Å²) >= 11 is 0. The van der Waals surface area contributed by atoms with Crippen LogP contribution in [0.4, 0.5) is 11.9 Å². The lowest BCUT2D eigenvalue weighted by atomic mass is 9.88. The Morgan fingerprint density at radius 1 is 1.24 bits per heavy atom. The quantitative estimate of drug-likeness (QED) is 0.437. The number of hydrogen-bond acceptors (Lipinski definition) is 10. The Kier molecular flexibility index (Phi) is 5.34. The van der Waals surface area contributed by atoms with Crippen LogP contribution in [0.25, 0.3) is 11.2 Å². The average molecular weight is 407 g/mol. The van der Waals surface area contributed by atoms with Gasteiger partial charge in [0.15, 0.2) is 17.4 Å². The summed E-state index contributed by atoms with van der Waals surface area (Å²) in [5, 5.41) is 38.5. The first-order chi connectivity index (χ1) is 13.9. The van der Waals surface area contributed by atoms with E-state index in [0.717, 1.165) is 25.7 Å². The number of rotatable bonds is 4. The molecule has 1 unspecified atom stereocenters. The van der Waals surface area contributed by atoms with Crippen LogP contribution in [0.5, 0.6) is 0 Å². The predicted octanol–water partition coefficient (Wildman–Crippen LogP) is -0.0243. The smallest absolute Gasteiger partial charge is 0.280 e. The van der Waals surface area contributed by atoms with Crippen molar-refractivity contribution >= 4 is 23.1 Å². The summed E-state index contributed by atoms with van der Waals surface area (Å²) in [6.07, 6.45) is -0.950. The summed E-state index contributed by atoms with van der Waals surface area (Å²) < 4.78 is 6.88. The number of ether oxygens (including phenoxy) is 1. The Bertz CT molecular complexity index is 965. The van der Waals surface area contributed by atoms with E-state index in [-0.39, 0.29) is 29.1 Å². The molecule has 12 nitrogen and oxygen atoms in total. The third-order valence-electron chi connectivity index (χ3n) is 5.62. The number of anilines is 1. The molecule has 1 aliphatic heterocycles. The zero-order valence-corrected chi connectivity index (χ0v) is 16.0. The molecule has 0 bridgehead atoms. The molecule has 0 radical (unpaired) electrons. The molecule has 0 amide bonds. The van der Waals surface area contributed by atoms with Crippen molar-refractivity contribution < 1.29 is 20.1 Å². The van der Waals surface area contributed by atoms with Crippen molar-refractivity contribution in [1.29, 1.82) is 0 Å². The van der Waals surface area contributed by atoms with Crippen molar-refractivity contribution in [3.63, 3.8) is 0 Å². The lowest BCUT2D eigenvalue weighted by Gasteiger charge is -2.22. The van der Waals surface area contributed by atoms with Gasteiger partial charge in [0.05, 0.1) is 12.6 Å². The number of imidazole rings is 1. The molecule has 2 aromatic heterocycles. The maximum atomic E-state index is 12.3. The van der Waals surface area contributed by atoms with Gasteiger partial charge in [-0.05, 0) is 31.6 Å². The predicted molar refractivity (Wildman–Crippen MR) is 102 cm³/mol. The van der Waals surface area contributed by atoms with Crippen LogP contribution in [0.3, 0.4) is 0 Å². The maximum absolute atomic E-state index is 12.3. The molecule has 1 saturated heterocycles. The standard InChI is InChI=1S/C17H25N7O5/c1-7-2-4-8(5-3-7)22-23-17-19-10-13(20-16(18)21-14(10)28)24(17)15-12(27)11(26)9(6-25)29-15/h7-9,11-12,15,25-27H,2-6H2,1H3,(H3,18,20,21,28)/t7?,8?,9-,11+,12?,15-/m1/s1. The lowest BCUT2D eigenvalue weighted by molar-refractivity contribution is -0.0503. The number of azo groups is 1. The van der Waals surface area contributed by atoms with Crippen molar-refractivity contribution in [3.8, 4) is 0 Å². The van der Waals surface area contributed by atoms with Gasteiger partial charge in [-0.2, -0.15) is 10.1 Å². The Balaban J connectivity index is 1.77. The molecule has 0 spiro atoms. The normalized spacial score (nSPS) is 33.1. The molecule has 1 aliphatic carbocycles. The number of nitrogens with two attached hydrogens (primary N) is 1. The second kappa shape index (κ2) is 7.78. The van der Waals surface area contributed by atoms with Crippen molar-refractivity contribution in [2.24, 2.45) is 16.1 Å². The van der Waals surface area contributed by atoms with E-state index in [2.05, 4.69) is 32.1 Å². The van der Waals surface area contributed by atoms with Crippen molar-refractivity contribution in [3.05, 3.63) is 10.4 Å². The van der Waals surface area contributed by atoms with Crippen molar-refractivity contribution in [2.45, 2.75) is 63.2 Å². The topological polar surface area (TPSA) is 184 Å². The molecule has 1 saturated carbocycles. The Hall–Kier alpha value is -2.41. The van der Waals surface area contributed by atoms with E-state index in [1.54, 1.807) is 0 Å². The van der Waals surface area contributed by atoms with Crippen LogP contribution in [-0.4, -0.2) is 65.8 Å². The first kappa shape index (κ1) is 19.9. The summed E-state index contributed by atoms with van der Waals surface area (Å²) in [5.41, 5.74) is 5.11. The van der Waals surface area contributed by atoms with Gasteiger partial charge in [0.2, 0.25) is 5.95 Å². The van der Waals surface area contributed by atoms with Gasteiger partial charge >= 0.3 is 0 Å². The maximum Gasteiger partial charge on any atom is 0.280 e. The zero-order chi connectivity index (χ0) is 20.7. The van der Waals surface area contributed by atoms with Crippen LogP contribution in [0.1, 0.15) is 38.8 Å². The molecule has 12 heteroatoms. The van der Waals surface area contributed by atoms with Crippen LogP contribution < -0.4 is 11.3 Å². The second-order valence-corrected chi connectivity index (χ2v) is 7.76. The van der Waals surface area contributed by atoms with Gasteiger partial charge in [-0.3, -0.25) is 14.3 Å². The highest BCUT2D eigenvalue weighted by atomic mass is 16.6.